The summed E-state index contributed by atoms with van der Waals surface area (Å²) in [6, 6.07) is 9.34. The van der Waals surface area contributed by atoms with Crippen LogP contribution in [0, 0.1) is 0 Å². The Morgan fingerprint density at radius 1 is 1.25 bits per heavy atom. The Balaban J connectivity index is 1.50. The van der Waals surface area contributed by atoms with E-state index in [4.69, 9.17) is 4.74 Å². The molecule has 2 aromatic heterocycles. The lowest BCUT2D eigenvalue weighted by Gasteiger charge is -2.35. The van der Waals surface area contributed by atoms with E-state index in [9.17, 15) is 9.59 Å². The predicted octanol–water partition coefficient (Wildman–Crippen LogP) is 4.03. The van der Waals surface area contributed by atoms with Gasteiger partial charge in [0, 0.05) is 35.4 Å². The quantitative estimate of drug-likeness (QED) is 0.589. The summed E-state index contributed by atoms with van der Waals surface area (Å²) in [7, 11) is 0. The van der Waals surface area contributed by atoms with Crippen molar-refractivity contribution >= 4 is 40.1 Å². The van der Waals surface area contributed by atoms with E-state index in [1.54, 1.807) is 24.5 Å². The fourth-order valence-electron chi connectivity index (χ4n) is 3.66. The molecule has 32 heavy (non-hydrogen) atoms. The topological polar surface area (TPSA) is 83.9 Å². The minimum Gasteiger partial charge on any atom is -0.463 e. The molecule has 0 aliphatic carbocycles. The van der Waals surface area contributed by atoms with Crippen molar-refractivity contribution in [2.45, 2.75) is 32.7 Å². The molecule has 2 aliphatic heterocycles. The highest BCUT2D eigenvalue weighted by Crippen LogP contribution is 2.45. The van der Waals surface area contributed by atoms with Gasteiger partial charge in [0.1, 0.15) is 6.04 Å². The summed E-state index contributed by atoms with van der Waals surface area (Å²) < 4.78 is 5.34. The van der Waals surface area contributed by atoms with Crippen molar-refractivity contribution in [2.75, 3.05) is 13.2 Å². The van der Waals surface area contributed by atoms with E-state index in [1.807, 2.05) is 52.9 Å². The van der Waals surface area contributed by atoms with E-state index in [0.717, 1.165) is 21.4 Å². The third-order valence-electron chi connectivity index (χ3n) is 5.08. The van der Waals surface area contributed by atoms with Crippen molar-refractivity contribution in [3.8, 4) is 0 Å². The first-order valence-electron chi connectivity index (χ1n) is 10.4. The smallest absolute Gasteiger partial charge is 0.338 e. The number of nitrogens with one attached hydrogen (secondary N) is 1. The summed E-state index contributed by atoms with van der Waals surface area (Å²) in [6.07, 6.45) is 2.62. The van der Waals surface area contributed by atoms with Crippen molar-refractivity contribution in [2.24, 2.45) is 4.99 Å². The average Bonchev–Trinajstić information content (AvgIpc) is 3.44. The molecule has 166 valence electrons. The Morgan fingerprint density at radius 3 is 2.84 bits per heavy atom. The summed E-state index contributed by atoms with van der Waals surface area (Å²) >= 11 is 3.04. The Bertz CT molecular complexity index is 1080. The SMILES string of the molecule is CCOC(=O)C1=C(C)N=C2SC=C(CC(=O)NCCc3ccccn3)N2C1c1cccs1. The van der Waals surface area contributed by atoms with Gasteiger partial charge in [0.05, 0.1) is 24.3 Å². The lowest BCUT2D eigenvalue weighted by atomic mass is 9.99. The molecule has 0 saturated carbocycles. The second-order valence-corrected chi connectivity index (χ2v) is 9.04. The second kappa shape index (κ2) is 10.1. The number of ether oxygens (including phenoxy) is 1. The molecule has 2 aromatic rings. The highest BCUT2D eigenvalue weighted by molar-refractivity contribution is 8.16. The Morgan fingerprint density at radius 2 is 2.12 bits per heavy atom. The maximum Gasteiger partial charge on any atom is 0.338 e. The molecule has 4 rings (SSSR count). The maximum atomic E-state index is 12.8. The van der Waals surface area contributed by atoms with Gasteiger partial charge < -0.3 is 15.0 Å². The molecule has 1 atom stereocenters. The van der Waals surface area contributed by atoms with Gasteiger partial charge in [0.25, 0.3) is 0 Å². The summed E-state index contributed by atoms with van der Waals surface area (Å²) in [5.41, 5.74) is 2.92. The second-order valence-electron chi connectivity index (χ2n) is 7.23. The monoisotopic (exact) mass is 468 g/mol. The Kier molecular flexibility index (Phi) is 7.06. The molecule has 0 radical (unpaired) electrons. The number of amides is 1. The van der Waals surface area contributed by atoms with Crippen LogP contribution in [0.1, 0.15) is 36.9 Å². The van der Waals surface area contributed by atoms with Crippen molar-refractivity contribution < 1.29 is 14.3 Å². The summed E-state index contributed by atoms with van der Waals surface area (Å²) in [5, 5.41) is 7.66. The number of hydrogen-bond donors (Lipinski definition) is 1. The zero-order valence-electron chi connectivity index (χ0n) is 17.9. The molecule has 7 nitrogen and oxygen atoms in total. The van der Waals surface area contributed by atoms with Gasteiger partial charge in [-0.25, -0.2) is 9.79 Å². The van der Waals surface area contributed by atoms with Gasteiger partial charge >= 0.3 is 5.97 Å². The van der Waals surface area contributed by atoms with Gasteiger partial charge in [-0.15, -0.1) is 11.3 Å². The van der Waals surface area contributed by atoms with Crippen LogP contribution in [-0.2, 0) is 20.7 Å². The predicted molar refractivity (Wildman–Crippen MR) is 127 cm³/mol. The minimum absolute atomic E-state index is 0.0806. The largest absolute Gasteiger partial charge is 0.463 e. The van der Waals surface area contributed by atoms with Gasteiger partial charge in [-0.1, -0.05) is 23.9 Å². The van der Waals surface area contributed by atoms with Crippen LogP contribution in [0.15, 0.2) is 69.3 Å². The maximum absolute atomic E-state index is 12.8. The minimum atomic E-state index is -0.373. The Labute approximate surface area is 195 Å². The number of carbonyl (C=O) groups excluding carboxylic acids is 2. The van der Waals surface area contributed by atoms with E-state index >= 15 is 0 Å². The molecule has 0 fully saturated rings. The average molecular weight is 469 g/mol. The summed E-state index contributed by atoms with van der Waals surface area (Å²) in [5.74, 6) is -0.454. The third-order valence-corrected chi connectivity index (χ3v) is 6.89. The van der Waals surface area contributed by atoms with Crippen LogP contribution in [0.5, 0.6) is 0 Å². The lowest BCUT2D eigenvalue weighted by Crippen LogP contribution is -2.37. The number of carbonyl (C=O) groups is 2. The molecule has 1 unspecified atom stereocenters. The number of thiophene rings is 1. The molecular formula is C23H24N4O3S2. The normalized spacial score (nSPS) is 17.6. The van der Waals surface area contributed by atoms with Crippen molar-refractivity contribution in [3.05, 3.63) is 74.9 Å². The number of aliphatic imine (C=N–C) groups is 1. The fraction of sp³-hybridized carbons (Fsp3) is 0.304. The van der Waals surface area contributed by atoms with Crippen LogP contribution >= 0.6 is 23.1 Å². The number of fused-ring (bicyclic) bond motifs is 1. The molecule has 1 amide bonds. The standard InChI is InChI=1S/C23H24N4O3S2/c1-3-30-22(29)20-15(2)26-23-27(21(20)18-8-6-12-31-18)17(14-32-23)13-19(28)25-11-9-16-7-4-5-10-24-16/h4-8,10,12,14,21H,3,9,11,13H2,1-2H3,(H,25,28). The van der Waals surface area contributed by atoms with Crippen LogP contribution < -0.4 is 5.32 Å². The first-order valence-corrected chi connectivity index (χ1v) is 12.2. The molecule has 0 spiro atoms. The highest BCUT2D eigenvalue weighted by atomic mass is 32.2. The summed E-state index contributed by atoms with van der Waals surface area (Å²) in [6.45, 7) is 4.43. The van der Waals surface area contributed by atoms with Crippen LogP contribution in [0.25, 0.3) is 0 Å². The van der Waals surface area contributed by atoms with Gasteiger partial charge in [-0.3, -0.25) is 9.78 Å². The molecule has 9 heteroatoms. The third kappa shape index (κ3) is 4.78. The number of pyridine rings is 1. The lowest BCUT2D eigenvalue weighted by molar-refractivity contribution is -0.139. The highest BCUT2D eigenvalue weighted by Gasteiger charge is 2.41. The number of amidine groups is 1. The Hall–Kier alpha value is -2.91. The van der Waals surface area contributed by atoms with Crippen molar-refractivity contribution in [1.29, 1.82) is 0 Å². The molecule has 0 saturated heterocycles. The number of aromatic nitrogens is 1. The van der Waals surface area contributed by atoms with E-state index < -0.39 is 0 Å². The van der Waals surface area contributed by atoms with Crippen molar-refractivity contribution in [3.63, 3.8) is 0 Å². The number of nitrogens with zero attached hydrogens (tertiary/aromatic N) is 3. The molecule has 1 N–H and O–H groups in total. The molecule has 4 heterocycles. The molecule has 2 aliphatic rings. The fourth-order valence-corrected chi connectivity index (χ4v) is 5.45. The van der Waals surface area contributed by atoms with Crippen molar-refractivity contribution in [1.82, 2.24) is 15.2 Å². The van der Waals surface area contributed by atoms with Gasteiger partial charge in [0.15, 0.2) is 5.17 Å². The van der Waals surface area contributed by atoms with Gasteiger partial charge in [-0.2, -0.15) is 0 Å². The first kappa shape index (κ1) is 22.3. The van der Waals surface area contributed by atoms with Crippen LogP contribution in [0.3, 0.4) is 0 Å². The molecular weight excluding hydrogens is 444 g/mol. The molecule has 0 bridgehead atoms. The van der Waals surface area contributed by atoms with E-state index in [1.165, 1.54) is 11.8 Å². The zero-order chi connectivity index (χ0) is 22.5. The number of hydrogen-bond acceptors (Lipinski definition) is 8. The first-order chi connectivity index (χ1) is 15.6. The number of allylic oxidation sites excluding steroid dienone is 1. The number of thioether (sulfide) groups is 1. The van der Waals surface area contributed by atoms with Gasteiger partial charge in [0.2, 0.25) is 5.91 Å². The van der Waals surface area contributed by atoms with E-state index in [-0.39, 0.29) is 24.3 Å². The van der Waals surface area contributed by atoms with Crippen LogP contribution in [-0.4, -0.2) is 40.1 Å². The number of rotatable bonds is 8. The number of esters is 1. The zero-order valence-corrected chi connectivity index (χ0v) is 19.5. The summed E-state index contributed by atoms with van der Waals surface area (Å²) in [4.78, 5) is 37.4. The van der Waals surface area contributed by atoms with Crippen LogP contribution in [0.4, 0.5) is 0 Å². The van der Waals surface area contributed by atoms with Crippen LogP contribution in [0.2, 0.25) is 0 Å². The molecule has 0 aromatic carbocycles. The van der Waals surface area contributed by atoms with Gasteiger partial charge in [-0.05, 0) is 42.8 Å². The van der Waals surface area contributed by atoms with E-state index in [0.29, 0.717) is 30.8 Å². The van der Waals surface area contributed by atoms with E-state index in [2.05, 4.69) is 15.3 Å².